The first-order valence-corrected chi connectivity index (χ1v) is 8.67. The molecule has 1 aromatic carbocycles. The maximum atomic E-state index is 4.31. The minimum Gasteiger partial charge on any atom is -0.355 e. The highest BCUT2D eigenvalue weighted by atomic mass is 15.3. The SMILES string of the molecule is CCN1CCN(C(C)CNC(=NC)NCc2ccccc2)CC1. The average molecular weight is 317 g/mol. The molecule has 0 aliphatic carbocycles. The summed E-state index contributed by atoms with van der Waals surface area (Å²) in [6, 6.07) is 10.9. The minimum absolute atomic E-state index is 0.518. The van der Waals surface area contributed by atoms with E-state index in [1.165, 1.54) is 18.7 Å². The lowest BCUT2D eigenvalue weighted by molar-refractivity contribution is 0.107. The number of aliphatic imine (C=N–C) groups is 1. The van der Waals surface area contributed by atoms with Crippen molar-refractivity contribution in [1.29, 1.82) is 0 Å². The Labute approximate surface area is 140 Å². The smallest absolute Gasteiger partial charge is 0.191 e. The van der Waals surface area contributed by atoms with Gasteiger partial charge in [0.15, 0.2) is 5.96 Å². The van der Waals surface area contributed by atoms with Crippen LogP contribution in [0.3, 0.4) is 0 Å². The van der Waals surface area contributed by atoms with Crippen LogP contribution in [0.2, 0.25) is 0 Å². The monoisotopic (exact) mass is 317 g/mol. The predicted octanol–water partition coefficient (Wildman–Crippen LogP) is 1.38. The Morgan fingerprint density at radius 1 is 1.13 bits per heavy atom. The van der Waals surface area contributed by atoms with Crippen molar-refractivity contribution in [3.8, 4) is 0 Å². The van der Waals surface area contributed by atoms with Crippen molar-refractivity contribution in [1.82, 2.24) is 20.4 Å². The van der Waals surface area contributed by atoms with Crippen molar-refractivity contribution < 1.29 is 0 Å². The summed E-state index contributed by atoms with van der Waals surface area (Å²) in [5.74, 6) is 0.868. The van der Waals surface area contributed by atoms with E-state index in [0.29, 0.717) is 6.04 Å². The van der Waals surface area contributed by atoms with E-state index in [9.17, 15) is 0 Å². The molecule has 1 saturated heterocycles. The molecule has 0 bridgehead atoms. The second-order valence-electron chi connectivity index (χ2n) is 6.11. The van der Waals surface area contributed by atoms with Crippen LogP contribution >= 0.6 is 0 Å². The second kappa shape index (κ2) is 9.53. The molecule has 1 fully saturated rings. The Morgan fingerprint density at radius 3 is 2.43 bits per heavy atom. The van der Waals surface area contributed by atoms with E-state index in [2.05, 4.69) is 63.5 Å². The number of hydrogen-bond donors (Lipinski definition) is 2. The third-order valence-corrected chi connectivity index (χ3v) is 4.57. The van der Waals surface area contributed by atoms with Crippen LogP contribution in [0, 0.1) is 0 Å². The molecule has 5 nitrogen and oxygen atoms in total. The molecular weight excluding hydrogens is 286 g/mol. The van der Waals surface area contributed by atoms with E-state index in [4.69, 9.17) is 0 Å². The van der Waals surface area contributed by atoms with Gasteiger partial charge in [-0.05, 0) is 19.0 Å². The van der Waals surface area contributed by atoms with E-state index < -0.39 is 0 Å². The Balaban J connectivity index is 1.70. The summed E-state index contributed by atoms with van der Waals surface area (Å²) in [4.78, 5) is 9.38. The zero-order valence-electron chi connectivity index (χ0n) is 14.8. The molecule has 0 radical (unpaired) electrons. The van der Waals surface area contributed by atoms with Crippen molar-refractivity contribution in [2.75, 3.05) is 46.3 Å². The van der Waals surface area contributed by atoms with Crippen LogP contribution in [0.15, 0.2) is 35.3 Å². The fraction of sp³-hybridized carbons (Fsp3) is 0.611. The van der Waals surface area contributed by atoms with Gasteiger partial charge < -0.3 is 15.5 Å². The number of piperazine rings is 1. The minimum atomic E-state index is 0.518. The lowest BCUT2D eigenvalue weighted by Crippen LogP contribution is -2.53. The molecule has 0 amide bonds. The molecule has 128 valence electrons. The molecule has 5 heteroatoms. The van der Waals surface area contributed by atoms with E-state index >= 15 is 0 Å². The van der Waals surface area contributed by atoms with Gasteiger partial charge >= 0.3 is 0 Å². The van der Waals surface area contributed by atoms with Crippen LogP contribution in [-0.2, 0) is 6.54 Å². The largest absolute Gasteiger partial charge is 0.355 e. The van der Waals surface area contributed by atoms with Gasteiger partial charge in [0, 0.05) is 52.4 Å². The van der Waals surface area contributed by atoms with Gasteiger partial charge in [-0.3, -0.25) is 9.89 Å². The summed E-state index contributed by atoms with van der Waals surface area (Å²) in [6.45, 7) is 12.1. The Hall–Kier alpha value is -1.59. The third kappa shape index (κ3) is 5.84. The third-order valence-electron chi connectivity index (χ3n) is 4.57. The normalized spacial score (nSPS) is 18.7. The van der Waals surface area contributed by atoms with Gasteiger partial charge in [0.25, 0.3) is 0 Å². The number of hydrogen-bond acceptors (Lipinski definition) is 3. The molecule has 0 spiro atoms. The highest BCUT2D eigenvalue weighted by Gasteiger charge is 2.20. The fourth-order valence-corrected chi connectivity index (χ4v) is 2.90. The summed E-state index contributed by atoms with van der Waals surface area (Å²) in [5.41, 5.74) is 1.26. The summed E-state index contributed by atoms with van der Waals surface area (Å²) in [6.07, 6.45) is 0. The Bertz CT molecular complexity index is 466. The molecule has 1 atom stereocenters. The highest BCUT2D eigenvalue weighted by Crippen LogP contribution is 2.05. The first-order chi connectivity index (χ1) is 11.2. The number of benzene rings is 1. The summed E-state index contributed by atoms with van der Waals surface area (Å²) in [7, 11) is 1.82. The van der Waals surface area contributed by atoms with Gasteiger partial charge in [-0.15, -0.1) is 0 Å². The Kier molecular flexibility index (Phi) is 7.36. The molecule has 1 aliphatic heterocycles. The van der Waals surface area contributed by atoms with Crippen molar-refractivity contribution in [3.63, 3.8) is 0 Å². The van der Waals surface area contributed by atoms with Gasteiger partial charge in [-0.1, -0.05) is 37.3 Å². The quantitative estimate of drug-likeness (QED) is 0.614. The zero-order chi connectivity index (χ0) is 16.5. The van der Waals surface area contributed by atoms with Crippen LogP contribution in [0.25, 0.3) is 0 Å². The molecule has 2 N–H and O–H groups in total. The lowest BCUT2D eigenvalue weighted by Gasteiger charge is -2.37. The molecule has 23 heavy (non-hydrogen) atoms. The van der Waals surface area contributed by atoms with Gasteiger partial charge in [0.1, 0.15) is 0 Å². The molecule has 1 unspecified atom stereocenters. The highest BCUT2D eigenvalue weighted by molar-refractivity contribution is 5.79. The van der Waals surface area contributed by atoms with Gasteiger partial charge in [-0.2, -0.15) is 0 Å². The number of likely N-dealkylation sites (N-methyl/N-ethyl adjacent to an activating group) is 1. The van der Waals surface area contributed by atoms with Crippen LogP contribution < -0.4 is 10.6 Å². The first-order valence-electron chi connectivity index (χ1n) is 8.67. The van der Waals surface area contributed by atoms with Crippen LogP contribution in [0.1, 0.15) is 19.4 Å². The average Bonchev–Trinajstić information content (AvgIpc) is 2.62. The second-order valence-corrected chi connectivity index (χ2v) is 6.11. The fourth-order valence-electron chi connectivity index (χ4n) is 2.90. The molecule has 0 aromatic heterocycles. The molecule has 1 aromatic rings. The summed E-state index contributed by atoms with van der Waals surface area (Å²) < 4.78 is 0. The van der Waals surface area contributed by atoms with E-state index in [0.717, 1.165) is 38.7 Å². The van der Waals surface area contributed by atoms with E-state index in [-0.39, 0.29) is 0 Å². The molecular formula is C18H31N5. The Morgan fingerprint density at radius 2 is 1.83 bits per heavy atom. The number of nitrogens with zero attached hydrogens (tertiary/aromatic N) is 3. The molecule has 1 heterocycles. The molecule has 2 rings (SSSR count). The first kappa shape index (κ1) is 17.8. The van der Waals surface area contributed by atoms with Crippen LogP contribution in [0.5, 0.6) is 0 Å². The predicted molar refractivity (Wildman–Crippen MR) is 97.8 cm³/mol. The van der Waals surface area contributed by atoms with Gasteiger partial charge in [0.2, 0.25) is 0 Å². The van der Waals surface area contributed by atoms with Crippen molar-refractivity contribution in [2.45, 2.75) is 26.4 Å². The topological polar surface area (TPSA) is 42.9 Å². The molecule has 0 saturated carbocycles. The number of nitrogens with one attached hydrogen (secondary N) is 2. The maximum Gasteiger partial charge on any atom is 0.191 e. The number of rotatable bonds is 6. The van der Waals surface area contributed by atoms with Crippen molar-refractivity contribution >= 4 is 5.96 Å². The van der Waals surface area contributed by atoms with Crippen molar-refractivity contribution in [3.05, 3.63) is 35.9 Å². The van der Waals surface area contributed by atoms with E-state index in [1.807, 2.05) is 13.1 Å². The van der Waals surface area contributed by atoms with Gasteiger partial charge in [-0.25, -0.2) is 0 Å². The van der Waals surface area contributed by atoms with Crippen LogP contribution in [-0.4, -0.2) is 68.1 Å². The zero-order valence-corrected chi connectivity index (χ0v) is 14.8. The van der Waals surface area contributed by atoms with Crippen LogP contribution in [0.4, 0.5) is 0 Å². The van der Waals surface area contributed by atoms with Gasteiger partial charge in [0.05, 0.1) is 0 Å². The number of guanidine groups is 1. The molecule has 1 aliphatic rings. The lowest BCUT2D eigenvalue weighted by atomic mass is 10.2. The standard InChI is InChI=1S/C18H31N5/c1-4-22-10-12-23(13-11-22)16(2)14-20-18(19-3)21-15-17-8-6-5-7-9-17/h5-9,16H,4,10-15H2,1-3H3,(H2,19,20,21). The van der Waals surface area contributed by atoms with Crippen molar-refractivity contribution in [2.24, 2.45) is 4.99 Å². The summed E-state index contributed by atoms with van der Waals surface area (Å²) >= 11 is 0. The van der Waals surface area contributed by atoms with E-state index in [1.54, 1.807) is 0 Å². The summed E-state index contributed by atoms with van der Waals surface area (Å²) in [5, 5.41) is 6.82. The maximum absolute atomic E-state index is 4.31.